The van der Waals surface area contributed by atoms with Gasteiger partial charge in [-0.2, -0.15) is 0 Å². The van der Waals surface area contributed by atoms with Crippen LogP contribution in [0.4, 0.5) is 0 Å². The zero-order chi connectivity index (χ0) is 5.82. The van der Waals surface area contributed by atoms with Crippen molar-refractivity contribution < 1.29 is 0 Å². The van der Waals surface area contributed by atoms with Crippen molar-refractivity contribution in [2.24, 2.45) is 4.99 Å². The third kappa shape index (κ3) is 1.19. The predicted molar refractivity (Wildman–Crippen MR) is 35.8 cm³/mol. The standard InChI is InChI=1S/C7H10N/c1-2-4-7-5-3-6-8-7/h3,5-6H,2,4H2,1H3. The maximum atomic E-state index is 4.11. The van der Waals surface area contributed by atoms with Crippen molar-refractivity contribution >= 4 is 6.21 Å². The SMILES string of the molecule is CCC[C]1C=CC=N1. The Hall–Kier alpha value is -0.590. The largest absolute Gasteiger partial charge is 0.279 e. The van der Waals surface area contributed by atoms with Crippen LogP contribution in [0.1, 0.15) is 19.8 Å². The molecule has 0 aromatic rings. The molecular formula is C7H10N. The van der Waals surface area contributed by atoms with E-state index in [1.807, 2.05) is 12.3 Å². The molecule has 1 aliphatic heterocycles. The Morgan fingerprint density at radius 1 is 1.62 bits per heavy atom. The van der Waals surface area contributed by atoms with Crippen molar-refractivity contribution in [2.75, 3.05) is 0 Å². The fourth-order valence-electron chi connectivity index (χ4n) is 0.740. The minimum Gasteiger partial charge on any atom is -0.279 e. The highest BCUT2D eigenvalue weighted by molar-refractivity contribution is 5.75. The topological polar surface area (TPSA) is 12.4 Å². The van der Waals surface area contributed by atoms with Crippen LogP contribution in [0.25, 0.3) is 0 Å². The lowest BCUT2D eigenvalue weighted by atomic mass is 10.2. The summed E-state index contributed by atoms with van der Waals surface area (Å²) in [4.78, 5) is 4.11. The van der Waals surface area contributed by atoms with Gasteiger partial charge in [0.25, 0.3) is 0 Å². The van der Waals surface area contributed by atoms with Gasteiger partial charge in [0.05, 0.1) is 0 Å². The highest BCUT2D eigenvalue weighted by Crippen LogP contribution is 2.14. The molecule has 0 unspecified atom stereocenters. The highest BCUT2D eigenvalue weighted by atomic mass is 14.8. The minimum absolute atomic E-state index is 1.12. The van der Waals surface area contributed by atoms with Crippen LogP contribution < -0.4 is 0 Å². The Morgan fingerprint density at radius 2 is 2.50 bits per heavy atom. The fraction of sp³-hybridized carbons (Fsp3) is 0.429. The Balaban J connectivity index is 2.27. The van der Waals surface area contributed by atoms with Gasteiger partial charge in [0.2, 0.25) is 0 Å². The number of hydrogen-bond donors (Lipinski definition) is 0. The molecule has 1 rings (SSSR count). The molecular weight excluding hydrogens is 98.1 g/mol. The molecule has 0 aromatic carbocycles. The average molecular weight is 108 g/mol. The van der Waals surface area contributed by atoms with E-state index in [1.54, 1.807) is 0 Å². The zero-order valence-corrected chi connectivity index (χ0v) is 5.09. The second-order valence-corrected chi connectivity index (χ2v) is 1.88. The van der Waals surface area contributed by atoms with Crippen LogP contribution in [0.2, 0.25) is 0 Å². The average Bonchev–Trinajstić information content (AvgIpc) is 2.19. The van der Waals surface area contributed by atoms with Gasteiger partial charge in [-0.15, -0.1) is 0 Å². The summed E-state index contributed by atoms with van der Waals surface area (Å²) < 4.78 is 0. The summed E-state index contributed by atoms with van der Waals surface area (Å²) in [7, 11) is 0. The predicted octanol–water partition coefficient (Wildman–Crippen LogP) is 1.96. The van der Waals surface area contributed by atoms with Crippen molar-refractivity contribution in [3.05, 3.63) is 18.2 Å². The molecule has 1 aliphatic rings. The number of aliphatic imine (C=N–C) groups is 1. The Morgan fingerprint density at radius 3 is 3.00 bits per heavy atom. The van der Waals surface area contributed by atoms with Crippen LogP contribution >= 0.6 is 0 Å². The van der Waals surface area contributed by atoms with Crippen molar-refractivity contribution in [3.63, 3.8) is 0 Å². The summed E-state index contributed by atoms with van der Waals surface area (Å²) in [5.74, 6) is 0. The van der Waals surface area contributed by atoms with Gasteiger partial charge < -0.3 is 0 Å². The summed E-state index contributed by atoms with van der Waals surface area (Å²) in [6, 6.07) is 1.22. The fourth-order valence-corrected chi connectivity index (χ4v) is 0.740. The molecule has 0 amide bonds. The van der Waals surface area contributed by atoms with Crippen LogP contribution in [-0.2, 0) is 0 Å². The second kappa shape index (κ2) is 2.65. The second-order valence-electron chi connectivity index (χ2n) is 1.88. The number of nitrogens with zero attached hydrogens (tertiary/aromatic N) is 1. The molecule has 0 spiro atoms. The molecule has 0 fully saturated rings. The van der Waals surface area contributed by atoms with Crippen molar-refractivity contribution in [3.8, 4) is 0 Å². The Kier molecular flexibility index (Phi) is 1.84. The van der Waals surface area contributed by atoms with E-state index in [0.717, 1.165) is 6.42 Å². The molecule has 1 heteroatoms. The third-order valence-corrected chi connectivity index (χ3v) is 1.12. The smallest absolute Gasteiger partial charge is 0.108 e. The Labute approximate surface area is 50.1 Å². The minimum atomic E-state index is 1.12. The number of hydrogen-bond acceptors (Lipinski definition) is 1. The lowest BCUT2D eigenvalue weighted by molar-refractivity contribution is 0.832. The number of allylic oxidation sites excluding steroid dienone is 1. The summed E-state index contributed by atoms with van der Waals surface area (Å²) >= 11 is 0. The molecule has 0 saturated heterocycles. The first-order chi connectivity index (χ1) is 3.93. The van der Waals surface area contributed by atoms with Crippen molar-refractivity contribution in [1.29, 1.82) is 0 Å². The van der Waals surface area contributed by atoms with Crippen LogP contribution in [0.5, 0.6) is 0 Å². The molecule has 1 radical (unpaired) electrons. The van der Waals surface area contributed by atoms with Gasteiger partial charge in [-0.05, 0) is 12.5 Å². The molecule has 1 nitrogen and oxygen atoms in total. The van der Waals surface area contributed by atoms with E-state index >= 15 is 0 Å². The zero-order valence-electron chi connectivity index (χ0n) is 5.09. The van der Waals surface area contributed by atoms with E-state index in [0.29, 0.717) is 0 Å². The first-order valence-electron chi connectivity index (χ1n) is 3.00. The Bertz CT molecular complexity index is 102. The molecule has 0 aliphatic carbocycles. The van der Waals surface area contributed by atoms with Crippen molar-refractivity contribution in [2.45, 2.75) is 19.8 Å². The maximum Gasteiger partial charge on any atom is 0.108 e. The van der Waals surface area contributed by atoms with Crippen LogP contribution in [0.3, 0.4) is 0 Å². The van der Waals surface area contributed by atoms with Crippen LogP contribution in [0, 0.1) is 6.04 Å². The molecule has 0 atom stereocenters. The summed E-state index contributed by atoms with van der Waals surface area (Å²) in [5, 5.41) is 0. The van der Waals surface area contributed by atoms with Gasteiger partial charge in [0, 0.05) is 6.21 Å². The van der Waals surface area contributed by atoms with E-state index < -0.39 is 0 Å². The number of rotatable bonds is 2. The van der Waals surface area contributed by atoms with Gasteiger partial charge >= 0.3 is 0 Å². The van der Waals surface area contributed by atoms with Gasteiger partial charge in [-0.25, -0.2) is 0 Å². The third-order valence-electron chi connectivity index (χ3n) is 1.12. The molecule has 0 N–H and O–H groups in total. The first-order valence-corrected chi connectivity index (χ1v) is 3.00. The van der Waals surface area contributed by atoms with Gasteiger partial charge in [0.15, 0.2) is 0 Å². The lowest BCUT2D eigenvalue weighted by Gasteiger charge is -1.96. The molecule has 0 saturated carbocycles. The van der Waals surface area contributed by atoms with Crippen molar-refractivity contribution in [1.82, 2.24) is 0 Å². The van der Waals surface area contributed by atoms with E-state index in [-0.39, 0.29) is 0 Å². The summed E-state index contributed by atoms with van der Waals surface area (Å²) in [5.41, 5.74) is 0. The molecule has 43 valence electrons. The normalized spacial score (nSPS) is 18.1. The molecule has 1 heterocycles. The highest BCUT2D eigenvalue weighted by Gasteiger charge is 2.01. The van der Waals surface area contributed by atoms with E-state index in [1.165, 1.54) is 12.5 Å². The monoisotopic (exact) mass is 108 g/mol. The maximum absolute atomic E-state index is 4.11. The molecule has 8 heavy (non-hydrogen) atoms. The van der Waals surface area contributed by atoms with Gasteiger partial charge in [0.1, 0.15) is 6.04 Å². The van der Waals surface area contributed by atoms with Crippen LogP contribution in [-0.4, -0.2) is 6.21 Å². The molecule has 0 bridgehead atoms. The van der Waals surface area contributed by atoms with E-state index in [2.05, 4.69) is 18.0 Å². The van der Waals surface area contributed by atoms with Crippen LogP contribution in [0.15, 0.2) is 17.1 Å². The summed E-state index contributed by atoms with van der Waals surface area (Å²) in [6.07, 6.45) is 8.18. The van der Waals surface area contributed by atoms with E-state index in [4.69, 9.17) is 0 Å². The quantitative estimate of drug-likeness (QED) is 0.512. The van der Waals surface area contributed by atoms with Gasteiger partial charge in [-0.3, -0.25) is 4.99 Å². The summed E-state index contributed by atoms with van der Waals surface area (Å²) in [6.45, 7) is 2.16. The molecule has 0 aromatic heterocycles. The van der Waals surface area contributed by atoms with Gasteiger partial charge in [-0.1, -0.05) is 19.4 Å². The first kappa shape index (κ1) is 5.54. The van der Waals surface area contributed by atoms with E-state index in [9.17, 15) is 0 Å². The lowest BCUT2D eigenvalue weighted by Crippen LogP contribution is -1.82.